The Morgan fingerprint density at radius 2 is 1.93 bits per heavy atom. The minimum Gasteiger partial charge on any atom is -0.398 e. The van der Waals surface area contributed by atoms with E-state index < -0.39 is 24.0 Å². The summed E-state index contributed by atoms with van der Waals surface area (Å²) in [5.74, 6) is 0. The van der Waals surface area contributed by atoms with Crippen LogP contribution in [0.4, 0.5) is 18.9 Å². The van der Waals surface area contributed by atoms with Gasteiger partial charge in [0.2, 0.25) is 0 Å². The molecular formula is C8H7BrF3NO. The summed E-state index contributed by atoms with van der Waals surface area (Å²) >= 11 is 3.00. The minimum atomic E-state index is -4.49. The highest BCUT2D eigenvalue weighted by Gasteiger charge is 2.33. The molecule has 3 N–H and O–H groups in total. The first kappa shape index (κ1) is 11.3. The van der Waals surface area contributed by atoms with Gasteiger partial charge in [0.15, 0.2) is 0 Å². The van der Waals surface area contributed by atoms with E-state index in [0.29, 0.717) is 4.47 Å². The Bertz CT molecular complexity index is 351. The van der Waals surface area contributed by atoms with E-state index in [1.165, 1.54) is 6.07 Å². The summed E-state index contributed by atoms with van der Waals surface area (Å²) in [6.07, 6.45) is -4.49. The van der Waals surface area contributed by atoms with Crippen molar-refractivity contribution in [3.8, 4) is 0 Å². The van der Waals surface area contributed by atoms with Crippen molar-refractivity contribution in [3.63, 3.8) is 0 Å². The van der Waals surface area contributed by atoms with E-state index in [4.69, 9.17) is 10.8 Å². The average molecular weight is 270 g/mol. The number of aliphatic hydroxyl groups is 1. The van der Waals surface area contributed by atoms with Crippen molar-refractivity contribution >= 4 is 21.6 Å². The van der Waals surface area contributed by atoms with E-state index in [1.54, 1.807) is 0 Å². The van der Waals surface area contributed by atoms with Gasteiger partial charge in [-0.2, -0.15) is 13.2 Å². The Balaban J connectivity index is 3.36. The van der Waals surface area contributed by atoms with Crippen molar-refractivity contribution in [3.05, 3.63) is 27.7 Å². The fourth-order valence-corrected chi connectivity index (χ4v) is 1.52. The summed E-state index contributed by atoms with van der Waals surface area (Å²) in [5, 5.41) is 8.81. The van der Waals surface area contributed by atoms with Crippen molar-refractivity contribution in [1.82, 2.24) is 0 Å². The molecule has 0 atom stereocenters. The van der Waals surface area contributed by atoms with E-state index in [9.17, 15) is 13.2 Å². The molecule has 0 aliphatic heterocycles. The van der Waals surface area contributed by atoms with Crippen LogP contribution >= 0.6 is 15.9 Å². The normalized spacial score (nSPS) is 11.8. The summed E-state index contributed by atoms with van der Waals surface area (Å²) < 4.78 is 37.3. The summed E-state index contributed by atoms with van der Waals surface area (Å²) in [5.41, 5.74) is 3.96. The van der Waals surface area contributed by atoms with Gasteiger partial charge >= 0.3 is 6.18 Å². The molecule has 0 spiro atoms. The van der Waals surface area contributed by atoms with E-state index in [-0.39, 0.29) is 5.56 Å². The second kappa shape index (κ2) is 3.78. The maximum absolute atomic E-state index is 12.3. The SMILES string of the molecule is Nc1c(C(F)(F)F)ccc(Br)c1CO. The first-order valence-corrected chi connectivity index (χ1v) is 4.42. The van der Waals surface area contributed by atoms with Crippen LogP contribution in [0.15, 0.2) is 16.6 Å². The number of hydrogen-bond donors (Lipinski definition) is 2. The molecule has 2 nitrogen and oxygen atoms in total. The van der Waals surface area contributed by atoms with E-state index in [2.05, 4.69) is 15.9 Å². The lowest BCUT2D eigenvalue weighted by atomic mass is 10.1. The lowest BCUT2D eigenvalue weighted by Gasteiger charge is -2.13. The van der Waals surface area contributed by atoms with Crippen LogP contribution < -0.4 is 5.73 Å². The Morgan fingerprint density at radius 1 is 1.36 bits per heavy atom. The molecule has 0 amide bonds. The van der Waals surface area contributed by atoms with E-state index in [0.717, 1.165) is 6.07 Å². The summed E-state index contributed by atoms with van der Waals surface area (Å²) in [6.45, 7) is -0.531. The maximum Gasteiger partial charge on any atom is 0.418 e. The average Bonchev–Trinajstić information content (AvgIpc) is 2.02. The smallest absolute Gasteiger partial charge is 0.398 e. The van der Waals surface area contributed by atoms with Gasteiger partial charge in [-0.1, -0.05) is 15.9 Å². The number of nitrogens with two attached hydrogens (primary N) is 1. The van der Waals surface area contributed by atoms with Crippen LogP contribution in [0, 0.1) is 0 Å². The molecule has 0 aromatic heterocycles. The molecule has 0 bridgehead atoms. The molecule has 1 aromatic carbocycles. The molecule has 0 saturated carbocycles. The summed E-state index contributed by atoms with van der Waals surface area (Å²) in [6, 6.07) is 2.09. The fraction of sp³-hybridized carbons (Fsp3) is 0.250. The molecule has 0 fully saturated rings. The molecule has 0 heterocycles. The van der Waals surface area contributed by atoms with Gasteiger partial charge in [-0.3, -0.25) is 0 Å². The lowest BCUT2D eigenvalue weighted by Crippen LogP contribution is -2.11. The number of rotatable bonds is 1. The van der Waals surface area contributed by atoms with Gasteiger partial charge in [0.05, 0.1) is 17.9 Å². The quantitative estimate of drug-likeness (QED) is 0.770. The van der Waals surface area contributed by atoms with Gasteiger partial charge in [0.25, 0.3) is 0 Å². The number of anilines is 1. The zero-order chi connectivity index (χ0) is 10.9. The topological polar surface area (TPSA) is 46.2 Å². The third-order valence-corrected chi connectivity index (χ3v) is 2.51. The second-order valence-corrected chi connectivity index (χ2v) is 3.50. The first-order valence-electron chi connectivity index (χ1n) is 3.63. The second-order valence-electron chi connectivity index (χ2n) is 2.64. The Kier molecular flexibility index (Phi) is 3.06. The summed E-state index contributed by atoms with van der Waals surface area (Å²) in [4.78, 5) is 0. The van der Waals surface area contributed by atoms with Crippen LogP contribution in [0.1, 0.15) is 11.1 Å². The van der Waals surface area contributed by atoms with Crippen molar-refractivity contribution in [1.29, 1.82) is 0 Å². The fourth-order valence-electron chi connectivity index (χ4n) is 1.05. The number of nitrogen functional groups attached to an aromatic ring is 1. The van der Waals surface area contributed by atoms with Crippen LogP contribution in [-0.4, -0.2) is 5.11 Å². The molecule has 14 heavy (non-hydrogen) atoms. The zero-order valence-electron chi connectivity index (χ0n) is 6.90. The third kappa shape index (κ3) is 2.01. The Hall–Kier alpha value is -0.750. The maximum atomic E-state index is 12.3. The number of halogens is 4. The highest BCUT2D eigenvalue weighted by Crippen LogP contribution is 2.37. The van der Waals surface area contributed by atoms with Gasteiger partial charge in [-0.15, -0.1) is 0 Å². The van der Waals surface area contributed by atoms with Crippen LogP contribution in [0.2, 0.25) is 0 Å². The van der Waals surface area contributed by atoms with E-state index >= 15 is 0 Å². The van der Waals surface area contributed by atoms with Gasteiger partial charge < -0.3 is 10.8 Å². The predicted molar refractivity (Wildman–Crippen MR) is 49.5 cm³/mol. The number of aliphatic hydroxyl groups excluding tert-OH is 1. The molecule has 0 saturated heterocycles. The van der Waals surface area contributed by atoms with Crippen LogP contribution in [-0.2, 0) is 12.8 Å². The largest absolute Gasteiger partial charge is 0.418 e. The molecular weight excluding hydrogens is 263 g/mol. The van der Waals surface area contributed by atoms with Crippen molar-refractivity contribution in [2.24, 2.45) is 0 Å². The highest BCUT2D eigenvalue weighted by molar-refractivity contribution is 9.10. The van der Waals surface area contributed by atoms with Gasteiger partial charge in [0, 0.05) is 10.0 Å². The first-order chi connectivity index (χ1) is 6.38. The number of alkyl halides is 3. The molecule has 0 aliphatic rings. The van der Waals surface area contributed by atoms with E-state index in [1.807, 2.05) is 0 Å². The summed E-state index contributed by atoms with van der Waals surface area (Å²) in [7, 11) is 0. The van der Waals surface area contributed by atoms with Gasteiger partial charge in [0.1, 0.15) is 0 Å². The molecule has 78 valence electrons. The standard InChI is InChI=1S/C8H7BrF3NO/c9-6-2-1-5(8(10,11)12)7(13)4(6)3-14/h1-2,14H,3,13H2. The molecule has 6 heteroatoms. The molecule has 0 radical (unpaired) electrons. The van der Waals surface area contributed by atoms with Crippen molar-refractivity contribution in [2.45, 2.75) is 12.8 Å². The number of benzene rings is 1. The zero-order valence-corrected chi connectivity index (χ0v) is 8.48. The molecule has 1 aromatic rings. The van der Waals surface area contributed by atoms with Gasteiger partial charge in [-0.25, -0.2) is 0 Å². The predicted octanol–water partition coefficient (Wildman–Crippen LogP) is 2.54. The van der Waals surface area contributed by atoms with Crippen LogP contribution in [0.25, 0.3) is 0 Å². The molecule has 0 unspecified atom stereocenters. The Morgan fingerprint density at radius 3 is 2.36 bits per heavy atom. The van der Waals surface area contributed by atoms with Crippen molar-refractivity contribution in [2.75, 3.05) is 5.73 Å². The third-order valence-electron chi connectivity index (χ3n) is 1.76. The minimum absolute atomic E-state index is 0.0554. The Labute approximate surface area is 86.7 Å². The van der Waals surface area contributed by atoms with Crippen LogP contribution in [0.5, 0.6) is 0 Å². The number of hydrogen-bond acceptors (Lipinski definition) is 2. The monoisotopic (exact) mass is 269 g/mol. The van der Waals surface area contributed by atoms with Gasteiger partial charge in [-0.05, 0) is 12.1 Å². The highest BCUT2D eigenvalue weighted by atomic mass is 79.9. The molecule has 0 aliphatic carbocycles. The van der Waals surface area contributed by atoms with Crippen molar-refractivity contribution < 1.29 is 18.3 Å². The molecule has 1 rings (SSSR count). The lowest BCUT2D eigenvalue weighted by molar-refractivity contribution is -0.137. The van der Waals surface area contributed by atoms with Crippen LogP contribution in [0.3, 0.4) is 0 Å².